The molecular formula is C32H56O3. The summed E-state index contributed by atoms with van der Waals surface area (Å²) < 4.78 is 6.37. The number of allylic oxidation sites excluding steroid dienone is 2. The van der Waals surface area contributed by atoms with Gasteiger partial charge in [0.1, 0.15) is 5.78 Å². The zero-order chi connectivity index (χ0) is 24.7. The monoisotopic (exact) mass is 488 g/mol. The molecule has 3 nitrogen and oxygen atoms in total. The summed E-state index contributed by atoms with van der Waals surface area (Å²) in [6, 6.07) is 0. The van der Waals surface area contributed by atoms with Crippen LogP contribution in [0.25, 0.3) is 0 Å². The van der Waals surface area contributed by atoms with E-state index in [0.717, 1.165) is 44.9 Å². The van der Waals surface area contributed by atoms with Gasteiger partial charge < -0.3 is 9.84 Å². The highest BCUT2D eigenvalue weighted by Gasteiger charge is 2.24. The molecule has 202 valence electrons. The van der Waals surface area contributed by atoms with Crippen LogP contribution in [-0.4, -0.2) is 23.1 Å². The molecule has 0 spiro atoms. The van der Waals surface area contributed by atoms with Crippen molar-refractivity contribution in [2.24, 2.45) is 17.8 Å². The zero-order valence-electron chi connectivity index (χ0n) is 23.0. The van der Waals surface area contributed by atoms with Gasteiger partial charge >= 0.3 is 0 Å². The molecule has 5 atom stereocenters. The number of hydrogen-bond donors (Lipinski definition) is 1. The molecule has 0 amide bonds. The average molecular weight is 489 g/mol. The quantitative estimate of drug-likeness (QED) is 0.421. The molecule has 3 aliphatic rings. The number of ketones is 1. The van der Waals surface area contributed by atoms with Crippen molar-refractivity contribution in [3.05, 3.63) is 11.8 Å². The van der Waals surface area contributed by atoms with E-state index in [-0.39, 0.29) is 6.10 Å². The van der Waals surface area contributed by atoms with Crippen LogP contribution in [0.3, 0.4) is 0 Å². The Hall–Kier alpha value is -0.830. The predicted molar refractivity (Wildman–Crippen MR) is 146 cm³/mol. The fraction of sp³-hybridized carbons (Fsp3) is 0.906. The van der Waals surface area contributed by atoms with Crippen molar-refractivity contribution in [2.75, 3.05) is 0 Å². The van der Waals surface area contributed by atoms with Gasteiger partial charge in [0.05, 0.1) is 18.0 Å². The summed E-state index contributed by atoms with van der Waals surface area (Å²) >= 11 is 0. The van der Waals surface area contributed by atoms with Crippen molar-refractivity contribution < 1.29 is 14.6 Å². The first-order valence-corrected chi connectivity index (χ1v) is 15.7. The van der Waals surface area contributed by atoms with Crippen LogP contribution >= 0.6 is 0 Å². The van der Waals surface area contributed by atoms with Crippen molar-refractivity contribution in [1.29, 1.82) is 0 Å². The molecule has 5 unspecified atom stereocenters. The van der Waals surface area contributed by atoms with Crippen LogP contribution in [0, 0.1) is 17.8 Å². The highest BCUT2D eigenvalue weighted by molar-refractivity contribution is 5.78. The van der Waals surface area contributed by atoms with E-state index < -0.39 is 0 Å². The number of aliphatic hydroxyl groups excluding tert-OH is 1. The summed E-state index contributed by atoms with van der Waals surface area (Å²) in [6.07, 6.45) is 29.2. The SMILES string of the molecule is CC1C=C2CCCC(CC3CC(=O)CCCCCCCCCCC(O)C3)CCCCCCC(C1)O2. The van der Waals surface area contributed by atoms with Gasteiger partial charge in [-0.15, -0.1) is 0 Å². The van der Waals surface area contributed by atoms with E-state index in [1.54, 1.807) is 0 Å². The van der Waals surface area contributed by atoms with Crippen LogP contribution in [0.2, 0.25) is 0 Å². The van der Waals surface area contributed by atoms with Gasteiger partial charge in [0.2, 0.25) is 0 Å². The maximum Gasteiger partial charge on any atom is 0.133 e. The molecule has 3 heteroatoms. The molecule has 0 radical (unpaired) electrons. The van der Waals surface area contributed by atoms with Gasteiger partial charge in [0.15, 0.2) is 0 Å². The number of Topliss-reactive ketones (excluding diaryl/α,β-unsaturated/α-hetero) is 1. The third-order valence-corrected chi connectivity index (χ3v) is 8.88. The fourth-order valence-electron chi connectivity index (χ4n) is 6.95. The number of hydrogen-bond acceptors (Lipinski definition) is 3. The van der Waals surface area contributed by atoms with E-state index in [4.69, 9.17) is 4.74 Å². The number of aliphatic hydroxyl groups is 1. The lowest BCUT2D eigenvalue weighted by Crippen LogP contribution is -2.21. The molecule has 0 aromatic carbocycles. The Morgan fingerprint density at radius 1 is 0.743 bits per heavy atom. The molecule has 2 heterocycles. The Bertz CT molecular complexity index is 612. The highest BCUT2D eigenvalue weighted by atomic mass is 16.5. The molecule has 3 rings (SSSR count). The van der Waals surface area contributed by atoms with Crippen molar-refractivity contribution in [3.63, 3.8) is 0 Å². The Labute approximate surface area is 216 Å². The second-order valence-electron chi connectivity index (χ2n) is 12.4. The standard InChI is InChI=1S/C32H56O3/c1-26-21-31-19-13-9-8-10-15-27(16-14-20-32(22-26)35-31)23-28-24-29(33)17-11-6-4-2-3-5-7-12-18-30(34)25-28/h22,26-29,31,33H,2-21,23-25H2,1H3. The molecule has 1 N–H and O–H groups in total. The molecule has 0 aromatic heterocycles. The number of rotatable bonds is 2. The van der Waals surface area contributed by atoms with E-state index in [9.17, 15) is 9.90 Å². The summed E-state index contributed by atoms with van der Waals surface area (Å²) in [5.74, 6) is 3.37. The van der Waals surface area contributed by atoms with Crippen molar-refractivity contribution in [3.8, 4) is 0 Å². The summed E-state index contributed by atoms with van der Waals surface area (Å²) in [5, 5.41) is 10.8. The van der Waals surface area contributed by atoms with Gasteiger partial charge in [0, 0.05) is 19.3 Å². The molecule has 0 aromatic rings. The average Bonchev–Trinajstić information content (AvgIpc) is 2.81. The van der Waals surface area contributed by atoms with E-state index in [2.05, 4.69) is 13.0 Å². The lowest BCUT2D eigenvalue weighted by molar-refractivity contribution is -0.120. The molecule has 1 aliphatic carbocycles. The predicted octanol–water partition coefficient (Wildman–Crippen LogP) is 9.07. The molecular weight excluding hydrogens is 432 g/mol. The second-order valence-corrected chi connectivity index (χ2v) is 12.4. The third-order valence-electron chi connectivity index (χ3n) is 8.88. The third kappa shape index (κ3) is 12.3. The summed E-state index contributed by atoms with van der Waals surface area (Å²) in [6.45, 7) is 2.34. The maximum atomic E-state index is 12.9. The van der Waals surface area contributed by atoms with Gasteiger partial charge in [-0.3, -0.25) is 4.79 Å². The van der Waals surface area contributed by atoms with Crippen LogP contribution in [0.5, 0.6) is 0 Å². The highest BCUT2D eigenvalue weighted by Crippen LogP contribution is 2.33. The first-order chi connectivity index (χ1) is 17.1. The van der Waals surface area contributed by atoms with Crippen molar-refractivity contribution in [2.45, 2.75) is 167 Å². The smallest absolute Gasteiger partial charge is 0.133 e. The zero-order valence-corrected chi connectivity index (χ0v) is 23.0. The van der Waals surface area contributed by atoms with Crippen molar-refractivity contribution >= 4 is 5.78 Å². The summed E-state index contributed by atoms with van der Waals surface area (Å²) in [5.41, 5.74) is 0. The number of ether oxygens (including phenoxy) is 1. The largest absolute Gasteiger partial charge is 0.495 e. The second kappa shape index (κ2) is 16.8. The van der Waals surface area contributed by atoms with Crippen LogP contribution in [0.15, 0.2) is 11.8 Å². The molecule has 2 bridgehead atoms. The van der Waals surface area contributed by atoms with E-state index >= 15 is 0 Å². The Morgan fingerprint density at radius 3 is 2.14 bits per heavy atom. The lowest BCUT2D eigenvalue weighted by Gasteiger charge is -2.29. The van der Waals surface area contributed by atoms with Crippen LogP contribution < -0.4 is 0 Å². The van der Waals surface area contributed by atoms with Gasteiger partial charge in [-0.25, -0.2) is 0 Å². The number of carbonyl (C=O) groups is 1. The normalized spacial score (nSPS) is 34.1. The summed E-state index contributed by atoms with van der Waals surface area (Å²) in [7, 11) is 0. The van der Waals surface area contributed by atoms with E-state index in [1.807, 2.05) is 0 Å². The Balaban J connectivity index is 1.58. The fourth-order valence-corrected chi connectivity index (χ4v) is 6.95. The molecule has 2 fully saturated rings. The minimum Gasteiger partial charge on any atom is -0.495 e. The van der Waals surface area contributed by atoms with Crippen molar-refractivity contribution in [1.82, 2.24) is 0 Å². The van der Waals surface area contributed by atoms with Gasteiger partial charge in [-0.1, -0.05) is 84.0 Å². The van der Waals surface area contributed by atoms with Gasteiger partial charge in [0.25, 0.3) is 0 Å². The molecule has 1 saturated heterocycles. The van der Waals surface area contributed by atoms with E-state index in [1.165, 1.54) is 102 Å². The van der Waals surface area contributed by atoms with Crippen LogP contribution in [-0.2, 0) is 9.53 Å². The first kappa shape index (κ1) is 28.7. The number of fused-ring (bicyclic) bond motifs is 2. The lowest BCUT2D eigenvalue weighted by atomic mass is 9.81. The van der Waals surface area contributed by atoms with Crippen LogP contribution in [0.1, 0.15) is 155 Å². The van der Waals surface area contributed by atoms with Gasteiger partial charge in [-0.05, 0) is 75.2 Å². The summed E-state index contributed by atoms with van der Waals surface area (Å²) in [4.78, 5) is 12.9. The topological polar surface area (TPSA) is 46.5 Å². The van der Waals surface area contributed by atoms with Crippen LogP contribution in [0.4, 0.5) is 0 Å². The molecule has 2 aliphatic heterocycles. The number of carbonyl (C=O) groups excluding carboxylic acids is 1. The maximum absolute atomic E-state index is 12.9. The minimum atomic E-state index is -0.230. The minimum absolute atomic E-state index is 0.230. The Morgan fingerprint density at radius 2 is 1.37 bits per heavy atom. The Kier molecular flexibility index (Phi) is 13.8. The van der Waals surface area contributed by atoms with Gasteiger partial charge in [-0.2, -0.15) is 0 Å². The molecule has 1 saturated carbocycles. The van der Waals surface area contributed by atoms with E-state index in [0.29, 0.717) is 36.1 Å². The first-order valence-electron chi connectivity index (χ1n) is 15.7. The molecule has 35 heavy (non-hydrogen) atoms.